The number of nitrogens with zero attached hydrogens (tertiary/aromatic N) is 2. The molecule has 0 aliphatic heterocycles. The Balaban J connectivity index is 1.38. The first-order valence-corrected chi connectivity index (χ1v) is 10.5. The summed E-state index contributed by atoms with van der Waals surface area (Å²) < 4.78 is 0. The lowest BCUT2D eigenvalue weighted by Gasteiger charge is -2.55. The zero-order valence-electron chi connectivity index (χ0n) is 15.8. The lowest BCUT2D eigenvalue weighted by atomic mass is 9.50. The highest BCUT2D eigenvalue weighted by Crippen LogP contribution is 2.61. The Morgan fingerprint density at radius 2 is 1.65 bits per heavy atom. The van der Waals surface area contributed by atoms with Gasteiger partial charge >= 0.3 is 0 Å². The third-order valence-corrected chi connectivity index (χ3v) is 7.34. The lowest BCUT2D eigenvalue weighted by Crippen LogP contribution is -2.48. The number of hydrogen-bond donors (Lipinski definition) is 2. The highest BCUT2D eigenvalue weighted by molar-refractivity contribution is 7.15. The molecule has 7 heteroatoms. The van der Waals surface area contributed by atoms with Crippen LogP contribution in [0, 0.1) is 23.2 Å². The molecule has 2 N–H and O–H groups in total. The van der Waals surface area contributed by atoms with Gasteiger partial charge in [-0.25, -0.2) is 0 Å². The van der Waals surface area contributed by atoms with Crippen LogP contribution in [0.25, 0.3) is 0 Å². The molecular weight excluding hydrogens is 348 g/mol. The molecule has 4 aliphatic rings. The molecule has 1 aromatic rings. The maximum Gasteiger partial charge on any atom is 0.245 e. The van der Waals surface area contributed by atoms with Crippen LogP contribution in [0.15, 0.2) is 0 Å². The molecule has 0 aromatic carbocycles. The third kappa shape index (κ3) is 3.38. The minimum absolute atomic E-state index is 0.0393. The van der Waals surface area contributed by atoms with E-state index in [0.717, 1.165) is 22.8 Å². The van der Waals surface area contributed by atoms with E-state index in [-0.39, 0.29) is 23.8 Å². The topological polar surface area (TPSA) is 84.0 Å². The van der Waals surface area contributed by atoms with E-state index in [1.165, 1.54) is 49.9 Å². The van der Waals surface area contributed by atoms with E-state index in [2.05, 4.69) is 20.8 Å². The second-order valence-electron chi connectivity index (χ2n) is 9.59. The van der Waals surface area contributed by atoms with Gasteiger partial charge in [0.2, 0.25) is 16.9 Å². The molecule has 1 aromatic heterocycles. The Kier molecular flexibility index (Phi) is 4.33. The molecule has 142 valence electrons. The Morgan fingerprint density at radius 1 is 1.08 bits per heavy atom. The van der Waals surface area contributed by atoms with Crippen LogP contribution >= 0.6 is 11.3 Å². The fourth-order valence-electron chi connectivity index (χ4n) is 5.45. The molecule has 0 radical (unpaired) electrons. The zero-order valence-corrected chi connectivity index (χ0v) is 16.6. The molecule has 4 bridgehead atoms. The molecule has 1 heterocycles. The first-order valence-electron chi connectivity index (χ1n) is 9.66. The van der Waals surface area contributed by atoms with Crippen LogP contribution in [0.4, 0.5) is 5.13 Å². The number of anilines is 1. The van der Waals surface area contributed by atoms with Crippen molar-refractivity contribution in [2.45, 2.75) is 64.7 Å². The van der Waals surface area contributed by atoms with Crippen LogP contribution < -0.4 is 10.6 Å². The van der Waals surface area contributed by atoms with Gasteiger partial charge in [-0.15, -0.1) is 10.2 Å². The van der Waals surface area contributed by atoms with Crippen LogP contribution in [0.2, 0.25) is 0 Å². The van der Waals surface area contributed by atoms with E-state index in [1.807, 2.05) is 20.8 Å². The van der Waals surface area contributed by atoms with Crippen LogP contribution in [0.1, 0.15) is 64.3 Å². The van der Waals surface area contributed by atoms with E-state index in [0.29, 0.717) is 5.13 Å². The normalized spacial score (nSPS) is 32.5. The fourth-order valence-corrected chi connectivity index (χ4v) is 6.43. The molecular formula is C19H28N4O2S. The summed E-state index contributed by atoms with van der Waals surface area (Å²) in [6.07, 6.45) is 7.91. The first-order chi connectivity index (χ1) is 12.2. The standard InChI is InChI=1S/C19H28N4O2S/c1-18(2,3)15(25)20-10-14(24)21-17-23-22-16(26-17)19-7-11-4-12(8-19)6-13(5-11)9-19/h11-13H,4-10H2,1-3H3,(H,20,25)(H,21,23,24). The average Bonchev–Trinajstić information content (AvgIpc) is 2.99. The van der Waals surface area contributed by atoms with Crippen molar-refractivity contribution >= 4 is 28.3 Å². The van der Waals surface area contributed by atoms with Crippen molar-refractivity contribution < 1.29 is 9.59 Å². The van der Waals surface area contributed by atoms with Crippen LogP contribution in [-0.4, -0.2) is 28.6 Å². The molecule has 5 rings (SSSR count). The van der Waals surface area contributed by atoms with Gasteiger partial charge < -0.3 is 5.32 Å². The van der Waals surface area contributed by atoms with E-state index in [9.17, 15) is 9.59 Å². The molecule has 0 spiro atoms. The number of aromatic nitrogens is 2. The van der Waals surface area contributed by atoms with E-state index < -0.39 is 5.41 Å². The van der Waals surface area contributed by atoms with Crippen molar-refractivity contribution in [3.05, 3.63) is 5.01 Å². The van der Waals surface area contributed by atoms with Crippen LogP contribution in [-0.2, 0) is 15.0 Å². The minimum Gasteiger partial charge on any atom is -0.347 e. The van der Waals surface area contributed by atoms with Crippen molar-refractivity contribution in [2.75, 3.05) is 11.9 Å². The number of hydrogen-bond acceptors (Lipinski definition) is 5. The summed E-state index contributed by atoms with van der Waals surface area (Å²) in [6, 6.07) is 0. The maximum absolute atomic E-state index is 12.1. The van der Waals surface area contributed by atoms with Gasteiger partial charge in [0.15, 0.2) is 0 Å². The van der Waals surface area contributed by atoms with Crippen molar-refractivity contribution in [1.82, 2.24) is 15.5 Å². The summed E-state index contributed by atoms with van der Waals surface area (Å²) in [7, 11) is 0. The smallest absolute Gasteiger partial charge is 0.245 e. The Hall–Kier alpha value is -1.50. The van der Waals surface area contributed by atoms with Crippen LogP contribution in [0.5, 0.6) is 0 Å². The quantitative estimate of drug-likeness (QED) is 0.846. The Labute approximate surface area is 158 Å². The first kappa shape index (κ1) is 17.9. The molecule has 4 aliphatic carbocycles. The fraction of sp³-hybridized carbons (Fsp3) is 0.789. The molecule has 6 nitrogen and oxygen atoms in total. The number of carbonyl (C=O) groups is 2. The van der Waals surface area contributed by atoms with Gasteiger partial charge in [-0.3, -0.25) is 14.9 Å². The van der Waals surface area contributed by atoms with Gasteiger partial charge in [0.05, 0.1) is 6.54 Å². The molecule has 0 saturated heterocycles. The predicted octanol–water partition coefficient (Wildman–Crippen LogP) is 3.11. The van der Waals surface area contributed by atoms with Gasteiger partial charge in [0.1, 0.15) is 5.01 Å². The minimum atomic E-state index is -0.505. The summed E-state index contributed by atoms with van der Waals surface area (Å²) in [4.78, 5) is 24.0. The predicted molar refractivity (Wildman–Crippen MR) is 101 cm³/mol. The summed E-state index contributed by atoms with van der Waals surface area (Å²) in [6.45, 7) is 5.43. The number of rotatable bonds is 4. The second-order valence-corrected chi connectivity index (χ2v) is 10.6. The summed E-state index contributed by atoms with van der Waals surface area (Å²) in [5.41, 5.74) is -0.301. The molecule has 2 amide bonds. The van der Waals surface area contributed by atoms with E-state index in [4.69, 9.17) is 0 Å². The van der Waals surface area contributed by atoms with Crippen LogP contribution in [0.3, 0.4) is 0 Å². The highest BCUT2D eigenvalue weighted by atomic mass is 32.1. The van der Waals surface area contributed by atoms with Crippen molar-refractivity contribution in [3.8, 4) is 0 Å². The molecule has 4 fully saturated rings. The number of nitrogens with one attached hydrogen (secondary N) is 2. The molecule has 4 saturated carbocycles. The van der Waals surface area contributed by atoms with Crippen molar-refractivity contribution in [1.29, 1.82) is 0 Å². The SMILES string of the molecule is CC(C)(C)C(=O)NCC(=O)Nc1nnc(C23CC4CC(CC(C4)C2)C3)s1. The largest absolute Gasteiger partial charge is 0.347 e. The van der Waals surface area contributed by atoms with Gasteiger partial charge in [0, 0.05) is 10.8 Å². The van der Waals surface area contributed by atoms with Gasteiger partial charge in [-0.1, -0.05) is 32.1 Å². The lowest BCUT2D eigenvalue weighted by molar-refractivity contribution is -0.130. The Bertz CT molecular complexity index is 686. The summed E-state index contributed by atoms with van der Waals surface area (Å²) >= 11 is 1.52. The van der Waals surface area contributed by atoms with E-state index in [1.54, 1.807) is 0 Å². The highest BCUT2D eigenvalue weighted by Gasteiger charge is 2.53. The number of carbonyl (C=O) groups excluding carboxylic acids is 2. The second kappa shape index (κ2) is 6.29. The molecule has 0 unspecified atom stereocenters. The third-order valence-electron chi connectivity index (χ3n) is 6.25. The zero-order chi connectivity index (χ0) is 18.5. The number of amides is 2. The van der Waals surface area contributed by atoms with Gasteiger partial charge in [-0.05, 0) is 56.3 Å². The Morgan fingerprint density at radius 3 is 2.19 bits per heavy atom. The molecule has 26 heavy (non-hydrogen) atoms. The molecule has 0 atom stereocenters. The maximum atomic E-state index is 12.1. The summed E-state index contributed by atoms with van der Waals surface area (Å²) in [5.74, 6) is 2.18. The van der Waals surface area contributed by atoms with Gasteiger partial charge in [-0.2, -0.15) is 0 Å². The van der Waals surface area contributed by atoms with E-state index >= 15 is 0 Å². The average molecular weight is 377 g/mol. The van der Waals surface area contributed by atoms with Crippen molar-refractivity contribution in [3.63, 3.8) is 0 Å². The summed E-state index contributed by atoms with van der Waals surface area (Å²) in [5, 5.41) is 15.8. The monoisotopic (exact) mass is 376 g/mol. The van der Waals surface area contributed by atoms with Crippen molar-refractivity contribution in [2.24, 2.45) is 23.2 Å². The van der Waals surface area contributed by atoms with Gasteiger partial charge in [0.25, 0.3) is 0 Å².